The fourth-order valence-electron chi connectivity index (χ4n) is 0.824. The number of anilines is 1. The van der Waals surface area contributed by atoms with Gasteiger partial charge in [0.25, 0.3) is 0 Å². The van der Waals surface area contributed by atoms with Crippen LogP contribution in [0, 0.1) is 0 Å². The van der Waals surface area contributed by atoms with Crippen molar-refractivity contribution in [3.05, 3.63) is 24.3 Å². The third-order valence-corrected chi connectivity index (χ3v) is 2.93. The standard InChI is InChI=1S/C10H15NOS/c1-10(2,12)7-13-9-5-3-8(11)4-6-9/h3-6,12H,7,11H2,1-2H3. The van der Waals surface area contributed by atoms with Gasteiger partial charge in [0.15, 0.2) is 0 Å². The SMILES string of the molecule is CC(C)(O)CSc1ccc(N)cc1. The van der Waals surface area contributed by atoms with Crippen molar-refractivity contribution in [2.45, 2.75) is 24.3 Å². The van der Waals surface area contributed by atoms with E-state index in [0.29, 0.717) is 5.75 Å². The highest BCUT2D eigenvalue weighted by Crippen LogP contribution is 2.22. The molecule has 0 atom stereocenters. The predicted octanol–water partition coefficient (Wildman–Crippen LogP) is 2.13. The fourth-order valence-corrected chi connectivity index (χ4v) is 1.67. The van der Waals surface area contributed by atoms with E-state index in [0.717, 1.165) is 10.6 Å². The van der Waals surface area contributed by atoms with Crippen molar-refractivity contribution in [2.75, 3.05) is 11.5 Å². The second kappa shape index (κ2) is 4.03. The van der Waals surface area contributed by atoms with Crippen molar-refractivity contribution in [3.63, 3.8) is 0 Å². The Morgan fingerprint density at radius 2 is 1.85 bits per heavy atom. The molecular weight excluding hydrogens is 182 g/mol. The normalized spacial score (nSPS) is 11.6. The summed E-state index contributed by atoms with van der Waals surface area (Å²) in [5.74, 6) is 0.691. The Balaban J connectivity index is 2.51. The zero-order valence-corrected chi connectivity index (χ0v) is 8.77. The number of nitrogen functional groups attached to an aromatic ring is 1. The molecule has 0 unspecified atom stereocenters. The van der Waals surface area contributed by atoms with E-state index in [2.05, 4.69) is 0 Å². The van der Waals surface area contributed by atoms with Gasteiger partial charge in [-0.2, -0.15) is 0 Å². The van der Waals surface area contributed by atoms with E-state index in [4.69, 9.17) is 5.73 Å². The molecular formula is C10H15NOS. The lowest BCUT2D eigenvalue weighted by atomic mass is 10.2. The molecule has 0 radical (unpaired) electrons. The van der Waals surface area contributed by atoms with Crippen LogP contribution in [0.3, 0.4) is 0 Å². The minimum absolute atomic E-state index is 0.619. The van der Waals surface area contributed by atoms with Crippen LogP contribution in [0.2, 0.25) is 0 Å². The van der Waals surface area contributed by atoms with Crippen molar-refractivity contribution in [2.24, 2.45) is 0 Å². The van der Waals surface area contributed by atoms with E-state index < -0.39 is 5.60 Å². The molecule has 1 rings (SSSR count). The van der Waals surface area contributed by atoms with E-state index in [1.807, 2.05) is 24.3 Å². The van der Waals surface area contributed by atoms with Crippen molar-refractivity contribution in [1.29, 1.82) is 0 Å². The topological polar surface area (TPSA) is 46.2 Å². The largest absolute Gasteiger partial charge is 0.399 e. The molecule has 1 aromatic rings. The number of nitrogens with two attached hydrogens (primary N) is 1. The number of aliphatic hydroxyl groups is 1. The lowest BCUT2D eigenvalue weighted by molar-refractivity contribution is 0.107. The maximum absolute atomic E-state index is 9.49. The Kier molecular flexibility index (Phi) is 3.22. The van der Waals surface area contributed by atoms with Crippen molar-refractivity contribution < 1.29 is 5.11 Å². The van der Waals surface area contributed by atoms with E-state index in [1.165, 1.54) is 0 Å². The van der Waals surface area contributed by atoms with Gasteiger partial charge < -0.3 is 10.8 Å². The molecule has 72 valence electrons. The summed E-state index contributed by atoms with van der Waals surface area (Å²) in [6.45, 7) is 3.61. The number of hydrogen-bond donors (Lipinski definition) is 2. The maximum Gasteiger partial charge on any atom is 0.0685 e. The zero-order valence-electron chi connectivity index (χ0n) is 7.95. The quantitative estimate of drug-likeness (QED) is 0.576. The number of thioether (sulfide) groups is 1. The fraction of sp³-hybridized carbons (Fsp3) is 0.400. The summed E-state index contributed by atoms with van der Waals surface area (Å²) >= 11 is 1.63. The first kappa shape index (κ1) is 10.4. The molecule has 0 spiro atoms. The highest BCUT2D eigenvalue weighted by atomic mass is 32.2. The summed E-state index contributed by atoms with van der Waals surface area (Å²) in [6, 6.07) is 7.66. The van der Waals surface area contributed by atoms with Gasteiger partial charge >= 0.3 is 0 Å². The Hall–Kier alpha value is -0.670. The van der Waals surface area contributed by atoms with Gasteiger partial charge in [0.1, 0.15) is 0 Å². The summed E-state index contributed by atoms with van der Waals surface area (Å²) < 4.78 is 0. The molecule has 0 aliphatic heterocycles. The van der Waals surface area contributed by atoms with Crippen LogP contribution in [0.5, 0.6) is 0 Å². The minimum Gasteiger partial charge on any atom is -0.399 e. The molecule has 0 aliphatic rings. The molecule has 0 fully saturated rings. The molecule has 0 heterocycles. The minimum atomic E-state index is -0.619. The van der Waals surface area contributed by atoms with E-state index in [1.54, 1.807) is 25.6 Å². The smallest absolute Gasteiger partial charge is 0.0685 e. The molecule has 0 aromatic heterocycles. The van der Waals surface area contributed by atoms with Crippen LogP contribution in [0.25, 0.3) is 0 Å². The monoisotopic (exact) mass is 197 g/mol. The number of benzene rings is 1. The van der Waals surface area contributed by atoms with Crippen LogP contribution in [-0.4, -0.2) is 16.5 Å². The Morgan fingerprint density at radius 1 is 1.31 bits per heavy atom. The van der Waals surface area contributed by atoms with Gasteiger partial charge in [0.2, 0.25) is 0 Å². The van der Waals surface area contributed by atoms with E-state index >= 15 is 0 Å². The van der Waals surface area contributed by atoms with Crippen LogP contribution in [-0.2, 0) is 0 Å². The van der Waals surface area contributed by atoms with Crippen LogP contribution < -0.4 is 5.73 Å². The average Bonchev–Trinajstić information content (AvgIpc) is 2.02. The highest BCUT2D eigenvalue weighted by molar-refractivity contribution is 7.99. The van der Waals surface area contributed by atoms with E-state index in [-0.39, 0.29) is 0 Å². The molecule has 0 aliphatic carbocycles. The van der Waals surface area contributed by atoms with Gasteiger partial charge in [-0.3, -0.25) is 0 Å². The second-order valence-electron chi connectivity index (χ2n) is 3.67. The molecule has 0 saturated heterocycles. The molecule has 0 saturated carbocycles. The van der Waals surface area contributed by atoms with Gasteiger partial charge in [-0.25, -0.2) is 0 Å². The average molecular weight is 197 g/mol. The van der Waals surface area contributed by atoms with E-state index in [9.17, 15) is 5.11 Å². The van der Waals surface area contributed by atoms with Gasteiger partial charge in [-0.15, -0.1) is 11.8 Å². The van der Waals surface area contributed by atoms with Crippen molar-refractivity contribution in [3.8, 4) is 0 Å². The Labute approximate surface area is 83.1 Å². The Morgan fingerprint density at radius 3 is 2.31 bits per heavy atom. The molecule has 13 heavy (non-hydrogen) atoms. The summed E-state index contributed by atoms with van der Waals surface area (Å²) in [4.78, 5) is 1.14. The summed E-state index contributed by atoms with van der Waals surface area (Å²) in [5, 5.41) is 9.49. The number of hydrogen-bond acceptors (Lipinski definition) is 3. The van der Waals surface area contributed by atoms with Crippen LogP contribution in [0.1, 0.15) is 13.8 Å². The van der Waals surface area contributed by atoms with Crippen molar-refractivity contribution >= 4 is 17.4 Å². The number of rotatable bonds is 3. The first-order valence-electron chi connectivity index (χ1n) is 4.18. The molecule has 1 aromatic carbocycles. The molecule has 0 bridgehead atoms. The van der Waals surface area contributed by atoms with Crippen molar-refractivity contribution in [1.82, 2.24) is 0 Å². The summed E-state index contributed by atoms with van der Waals surface area (Å²) in [5.41, 5.74) is 5.70. The van der Waals surface area contributed by atoms with Gasteiger partial charge in [-0.1, -0.05) is 0 Å². The Bertz CT molecular complexity index is 263. The molecule has 3 N–H and O–H groups in total. The first-order chi connectivity index (χ1) is 5.97. The maximum atomic E-state index is 9.49. The van der Waals surface area contributed by atoms with Gasteiger partial charge in [-0.05, 0) is 38.1 Å². The molecule has 3 heteroatoms. The molecule has 2 nitrogen and oxygen atoms in total. The molecule has 0 amide bonds. The third kappa shape index (κ3) is 4.20. The summed E-state index contributed by atoms with van der Waals surface area (Å²) in [6.07, 6.45) is 0. The van der Waals surface area contributed by atoms with Crippen LogP contribution >= 0.6 is 11.8 Å². The zero-order chi connectivity index (χ0) is 9.90. The predicted molar refractivity (Wildman–Crippen MR) is 57.9 cm³/mol. The second-order valence-corrected chi connectivity index (χ2v) is 4.72. The van der Waals surface area contributed by atoms with Crippen LogP contribution in [0.4, 0.5) is 5.69 Å². The lowest BCUT2D eigenvalue weighted by Crippen LogP contribution is -2.21. The third-order valence-electron chi connectivity index (χ3n) is 1.47. The van der Waals surface area contributed by atoms with Crippen LogP contribution in [0.15, 0.2) is 29.2 Å². The highest BCUT2D eigenvalue weighted by Gasteiger charge is 2.12. The van der Waals surface area contributed by atoms with Gasteiger partial charge in [0.05, 0.1) is 5.60 Å². The van der Waals surface area contributed by atoms with Gasteiger partial charge in [0, 0.05) is 16.3 Å². The lowest BCUT2D eigenvalue weighted by Gasteiger charge is -2.15. The summed E-state index contributed by atoms with van der Waals surface area (Å²) in [7, 11) is 0. The first-order valence-corrected chi connectivity index (χ1v) is 5.17.